The highest BCUT2D eigenvalue weighted by molar-refractivity contribution is 7.92. The summed E-state index contributed by atoms with van der Waals surface area (Å²) in [5.41, 5.74) is 5.63. The van der Waals surface area contributed by atoms with E-state index < -0.39 is 28.2 Å². The average Bonchev–Trinajstić information content (AvgIpc) is 2.35. The maximum Gasteiger partial charge on any atom is 0.304 e. The van der Waals surface area contributed by atoms with Crippen molar-refractivity contribution in [2.45, 2.75) is 6.42 Å². The zero-order valence-electron chi connectivity index (χ0n) is 10.2. The number of carbonyl (C=O) groups is 1. The summed E-state index contributed by atoms with van der Waals surface area (Å²) < 4.78 is 30.6. The Labute approximate surface area is 111 Å². The Hall–Kier alpha value is -1.80. The molecule has 8 heteroatoms. The van der Waals surface area contributed by atoms with Gasteiger partial charge in [-0.1, -0.05) is 0 Å². The maximum atomic E-state index is 11.5. The van der Waals surface area contributed by atoms with E-state index in [-0.39, 0.29) is 0 Å². The summed E-state index contributed by atoms with van der Waals surface area (Å²) in [6.07, 6.45) is -0.437. The quantitative estimate of drug-likeness (QED) is 0.630. The maximum absolute atomic E-state index is 11.5. The van der Waals surface area contributed by atoms with Gasteiger partial charge in [-0.3, -0.25) is 9.52 Å². The number of hydrogen-bond donors (Lipinski definition) is 3. The number of nitrogens with one attached hydrogen (secondary N) is 1. The molecule has 1 rings (SSSR count). The summed E-state index contributed by atoms with van der Waals surface area (Å²) in [6.45, 7) is 0.771. The molecular weight excluding hydrogens is 272 g/mol. The van der Waals surface area contributed by atoms with E-state index in [4.69, 9.17) is 15.6 Å². The fraction of sp³-hybridized carbons (Fsp3) is 0.364. The molecule has 106 valence electrons. The minimum atomic E-state index is -3.65. The van der Waals surface area contributed by atoms with Crippen molar-refractivity contribution in [3.8, 4) is 5.75 Å². The molecule has 0 spiro atoms. The van der Waals surface area contributed by atoms with Gasteiger partial charge < -0.3 is 15.6 Å². The molecule has 0 aromatic heterocycles. The second kappa shape index (κ2) is 6.95. The van der Waals surface area contributed by atoms with Crippen LogP contribution in [0, 0.1) is 0 Å². The van der Waals surface area contributed by atoms with E-state index >= 15 is 0 Å². The second-order valence-corrected chi connectivity index (χ2v) is 5.57. The van der Waals surface area contributed by atoms with Crippen LogP contribution in [-0.4, -0.2) is 38.4 Å². The molecule has 0 aliphatic rings. The molecule has 7 nitrogen and oxygen atoms in total. The predicted octanol–water partition coefficient (Wildman–Crippen LogP) is 0.241. The SMILES string of the molecule is NCCOc1ccc(NS(=O)(=O)CCC(=O)O)cc1. The first-order valence-electron chi connectivity index (χ1n) is 5.58. The van der Waals surface area contributed by atoms with Crippen LogP contribution in [0.5, 0.6) is 5.75 Å². The minimum Gasteiger partial charge on any atom is -0.492 e. The molecule has 0 aliphatic carbocycles. The molecule has 1 aromatic carbocycles. The summed E-state index contributed by atoms with van der Waals surface area (Å²) >= 11 is 0. The fourth-order valence-corrected chi connectivity index (χ4v) is 2.29. The number of benzene rings is 1. The Kier molecular flexibility index (Phi) is 5.58. The molecule has 0 atom stereocenters. The zero-order valence-corrected chi connectivity index (χ0v) is 11.0. The normalized spacial score (nSPS) is 11.0. The van der Waals surface area contributed by atoms with Crippen molar-refractivity contribution in [3.05, 3.63) is 24.3 Å². The van der Waals surface area contributed by atoms with E-state index in [1.165, 1.54) is 12.1 Å². The number of aliphatic carboxylic acids is 1. The minimum absolute atomic E-state index is 0.352. The molecule has 1 aromatic rings. The lowest BCUT2D eigenvalue weighted by Crippen LogP contribution is -2.18. The summed E-state index contributed by atoms with van der Waals surface area (Å²) in [5, 5.41) is 8.44. The van der Waals surface area contributed by atoms with Gasteiger partial charge in [0, 0.05) is 12.2 Å². The first-order valence-corrected chi connectivity index (χ1v) is 7.23. The highest BCUT2D eigenvalue weighted by Gasteiger charge is 2.12. The number of ether oxygens (including phenoxy) is 1. The first kappa shape index (κ1) is 15.3. The predicted molar refractivity (Wildman–Crippen MR) is 70.7 cm³/mol. The van der Waals surface area contributed by atoms with Gasteiger partial charge in [0.15, 0.2) is 0 Å². The van der Waals surface area contributed by atoms with Crippen LogP contribution >= 0.6 is 0 Å². The van der Waals surface area contributed by atoms with Gasteiger partial charge in [0.2, 0.25) is 10.0 Å². The lowest BCUT2D eigenvalue weighted by Gasteiger charge is -2.08. The van der Waals surface area contributed by atoms with Gasteiger partial charge in [0.1, 0.15) is 12.4 Å². The molecular formula is C11H16N2O5S. The molecule has 4 N–H and O–H groups in total. The van der Waals surface area contributed by atoms with Crippen LogP contribution in [0.25, 0.3) is 0 Å². The van der Waals surface area contributed by atoms with Crippen LogP contribution in [0.2, 0.25) is 0 Å². The van der Waals surface area contributed by atoms with Gasteiger partial charge in [-0.2, -0.15) is 0 Å². The molecule has 0 fully saturated rings. The Morgan fingerprint density at radius 2 is 1.95 bits per heavy atom. The number of hydrogen-bond acceptors (Lipinski definition) is 5. The summed E-state index contributed by atoms with van der Waals surface area (Å²) in [7, 11) is -3.65. The van der Waals surface area contributed by atoms with Crippen molar-refractivity contribution in [3.63, 3.8) is 0 Å². The van der Waals surface area contributed by atoms with Crippen molar-refractivity contribution in [1.29, 1.82) is 0 Å². The Bertz CT molecular complexity index is 512. The van der Waals surface area contributed by atoms with E-state index in [9.17, 15) is 13.2 Å². The summed E-state index contributed by atoms with van der Waals surface area (Å²) in [4.78, 5) is 10.3. The number of carboxylic acid groups (broad SMARTS) is 1. The number of nitrogens with two attached hydrogens (primary N) is 1. The Morgan fingerprint density at radius 3 is 2.47 bits per heavy atom. The molecule has 0 heterocycles. The third-order valence-corrected chi connectivity index (χ3v) is 3.39. The van der Waals surface area contributed by atoms with Crippen molar-refractivity contribution in [1.82, 2.24) is 0 Å². The summed E-state index contributed by atoms with van der Waals surface area (Å²) in [5.74, 6) is -1.04. The van der Waals surface area contributed by atoms with E-state index in [0.717, 1.165) is 0 Å². The van der Waals surface area contributed by atoms with Gasteiger partial charge in [-0.25, -0.2) is 8.42 Å². The van der Waals surface area contributed by atoms with E-state index in [2.05, 4.69) is 4.72 Å². The summed E-state index contributed by atoms with van der Waals surface area (Å²) in [6, 6.07) is 6.27. The monoisotopic (exact) mass is 288 g/mol. The van der Waals surface area contributed by atoms with Gasteiger partial charge in [-0.05, 0) is 24.3 Å². The Balaban J connectivity index is 2.59. The van der Waals surface area contributed by atoms with Gasteiger partial charge in [0.05, 0.1) is 12.2 Å². The average molecular weight is 288 g/mol. The lowest BCUT2D eigenvalue weighted by molar-refractivity contribution is -0.136. The smallest absolute Gasteiger partial charge is 0.304 e. The lowest BCUT2D eigenvalue weighted by atomic mass is 10.3. The van der Waals surface area contributed by atoms with Crippen LogP contribution < -0.4 is 15.2 Å². The number of anilines is 1. The third-order valence-electron chi connectivity index (χ3n) is 2.10. The molecule has 0 aliphatic heterocycles. The topological polar surface area (TPSA) is 119 Å². The molecule has 0 saturated heterocycles. The number of rotatable bonds is 8. The first-order chi connectivity index (χ1) is 8.93. The van der Waals surface area contributed by atoms with E-state index in [0.29, 0.717) is 24.6 Å². The highest BCUT2D eigenvalue weighted by atomic mass is 32.2. The molecule has 0 radical (unpaired) electrons. The van der Waals surface area contributed by atoms with Crippen molar-refractivity contribution in [2.75, 3.05) is 23.6 Å². The number of carboxylic acids is 1. The molecule has 0 amide bonds. The third kappa shape index (κ3) is 6.07. The van der Waals surface area contributed by atoms with Crippen LogP contribution in [0.3, 0.4) is 0 Å². The number of sulfonamides is 1. The molecule has 0 bridgehead atoms. The molecule has 19 heavy (non-hydrogen) atoms. The largest absolute Gasteiger partial charge is 0.492 e. The van der Waals surface area contributed by atoms with Gasteiger partial charge >= 0.3 is 5.97 Å². The van der Waals surface area contributed by atoms with Crippen LogP contribution in [0.4, 0.5) is 5.69 Å². The van der Waals surface area contributed by atoms with E-state index in [1.807, 2.05) is 0 Å². The fourth-order valence-electron chi connectivity index (χ4n) is 1.25. The van der Waals surface area contributed by atoms with Crippen LogP contribution in [-0.2, 0) is 14.8 Å². The highest BCUT2D eigenvalue weighted by Crippen LogP contribution is 2.16. The van der Waals surface area contributed by atoms with Gasteiger partial charge in [0.25, 0.3) is 0 Å². The van der Waals surface area contributed by atoms with Crippen LogP contribution in [0.1, 0.15) is 6.42 Å². The van der Waals surface area contributed by atoms with Crippen LogP contribution in [0.15, 0.2) is 24.3 Å². The Morgan fingerprint density at radius 1 is 1.32 bits per heavy atom. The van der Waals surface area contributed by atoms with Gasteiger partial charge in [-0.15, -0.1) is 0 Å². The van der Waals surface area contributed by atoms with Crippen molar-refractivity contribution < 1.29 is 23.1 Å². The van der Waals surface area contributed by atoms with E-state index in [1.54, 1.807) is 12.1 Å². The zero-order chi connectivity index (χ0) is 14.3. The molecule has 0 unspecified atom stereocenters. The van der Waals surface area contributed by atoms with Crippen molar-refractivity contribution in [2.24, 2.45) is 5.73 Å². The standard InChI is InChI=1S/C11H16N2O5S/c12-6-7-18-10-3-1-9(2-4-10)13-19(16,17)8-5-11(14)15/h1-4,13H,5-8,12H2,(H,14,15). The van der Waals surface area contributed by atoms with Crippen molar-refractivity contribution >= 4 is 21.7 Å². The second-order valence-electron chi connectivity index (χ2n) is 3.73. The molecule has 0 saturated carbocycles.